The minimum Gasteiger partial charge on any atom is -0.247 e. The molecule has 0 aliphatic carbocycles. The number of hydrogen-bond donors (Lipinski definition) is 0. The van der Waals surface area contributed by atoms with Crippen molar-refractivity contribution < 1.29 is 4.39 Å². The first-order valence-corrected chi connectivity index (χ1v) is 4.80. The minimum atomic E-state index is -0.554. The smallest absolute Gasteiger partial charge is 0.100 e. The van der Waals surface area contributed by atoms with Crippen molar-refractivity contribution in [1.29, 1.82) is 0 Å². The van der Waals surface area contributed by atoms with Crippen LogP contribution in [-0.4, -0.2) is 6.17 Å². The second-order valence-electron chi connectivity index (χ2n) is 3.72. The van der Waals surface area contributed by atoms with E-state index in [0.29, 0.717) is 5.92 Å². The highest BCUT2D eigenvalue weighted by Gasteiger charge is 2.07. The first-order chi connectivity index (χ1) is 5.16. The monoisotopic (exact) mass is 160 g/mol. The first-order valence-electron chi connectivity index (χ1n) is 4.80. The molecule has 0 spiro atoms. The molecule has 0 fully saturated rings. The number of hydrogen-bond acceptors (Lipinski definition) is 0. The van der Waals surface area contributed by atoms with Crippen LogP contribution in [-0.2, 0) is 0 Å². The van der Waals surface area contributed by atoms with Gasteiger partial charge in [0.1, 0.15) is 6.17 Å². The molecule has 0 N–H and O–H groups in total. The fourth-order valence-corrected chi connectivity index (χ4v) is 1.25. The van der Waals surface area contributed by atoms with E-state index in [4.69, 9.17) is 0 Å². The molecule has 0 saturated carbocycles. The topological polar surface area (TPSA) is 0 Å². The summed E-state index contributed by atoms with van der Waals surface area (Å²) >= 11 is 0. The maximum atomic E-state index is 13.0. The number of halogens is 1. The van der Waals surface area contributed by atoms with Gasteiger partial charge in [0.15, 0.2) is 0 Å². The van der Waals surface area contributed by atoms with E-state index in [0.717, 1.165) is 19.3 Å². The quantitative estimate of drug-likeness (QED) is 0.516. The van der Waals surface area contributed by atoms with Crippen LogP contribution in [0.4, 0.5) is 4.39 Å². The van der Waals surface area contributed by atoms with Crippen molar-refractivity contribution in [3.8, 4) is 0 Å². The predicted octanol–water partition coefficient (Wildman–Crippen LogP) is 3.95. The van der Waals surface area contributed by atoms with E-state index in [1.54, 1.807) is 0 Å². The van der Waals surface area contributed by atoms with Crippen LogP contribution in [0.1, 0.15) is 52.9 Å². The van der Waals surface area contributed by atoms with Crippen molar-refractivity contribution in [3.05, 3.63) is 0 Å². The zero-order valence-electron chi connectivity index (χ0n) is 8.07. The standard InChI is InChI=1S/C10H21F/c1-4-5-6-7-10(11)8-9(2)3/h9-10H,4-8H2,1-3H3. The third-order valence-electron chi connectivity index (χ3n) is 1.85. The first kappa shape index (κ1) is 10.9. The van der Waals surface area contributed by atoms with Crippen molar-refractivity contribution >= 4 is 0 Å². The summed E-state index contributed by atoms with van der Waals surface area (Å²) in [6.07, 6.45) is 4.38. The van der Waals surface area contributed by atoms with Gasteiger partial charge >= 0.3 is 0 Å². The van der Waals surface area contributed by atoms with E-state index >= 15 is 0 Å². The maximum absolute atomic E-state index is 13.0. The molecule has 0 rings (SSSR count). The van der Waals surface area contributed by atoms with Gasteiger partial charge in [-0.05, 0) is 18.8 Å². The summed E-state index contributed by atoms with van der Waals surface area (Å²) in [5.41, 5.74) is 0. The van der Waals surface area contributed by atoms with E-state index < -0.39 is 6.17 Å². The lowest BCUT2D eigenvalue weighted by molar-refractivity contribution is 0.260. The summed E-state index contributed by atoms with van der Waals surface area (Å²) in [6.45, 7) is 6.30. The molecule has 0 heterocycles. The van der Waals surface area contributed by atoms with Crippen molar-refractivity contribution in [1.82, 2.24) is 0 Å². The molecular formula is C10H21F. The molecule has 0 aliphatic heterocycles. The van der Waals surface area contributed by atoms with Gasteiger partial charge in [0, 0.05) is 0 Å². The summed E-state index contributed by atoms with van der Waals surface area (Å²) in [6, 6.07) is 0. The average molecular weight is 160 g/mol. The van der Waals surface area contributed by atoms with Gasteiger partial charge in [0.05, 0.1) is 0 Å². The highest BCUT2D eigenvalue weighted by molar-refractivity contribution is 4.58. The molecule has 0 aromatic heterocycles. The van der Waals surface area contributed by atoms with Gasteiger partial charge in [-0.1, -0.05) is 40.0 Å². The zero-order chi connectivity index (χ0) is 8.69. The molecule has 0 nitrogen and oxygen atoms in total. The van der Waals surface area contributed by atoms with Gasteiger partial charge < -0.3 is 0 Å². The van der Waals surface area contributed by atoms with E-state index in [1.807, 2.05) is 0 Å². The summed E-state index contributed by atoms with van der Waals surface area (Å²) < 4.78 is 13.0. The Balaban J connectivity index is 3.15. The molecule has 0 saturated heterocycles. The lowest BCUT2D eigenvalue weighted by atomic mass is 10.0. The SMILES string of the molecule is CCCCCC(F)CC(C)C. The lowest BCUT2D eigenvalue weighted by Gasteiger charge is -2.09. The van der Waals surface area contributed by atoms with E-state index in [-0.39, 0.29) is 0 Å². The molecule has 1 heteroatoms. The van der Waals surface area contributed by atoms with Crippen LogP contribution in [0, 0.1) is 5.92 Å². The number of rotatable bonds is 6. The van der Waals surface area contributed by atoms with Crippen molar-refractivity contribution in [3.63, 3.8) is 0 Å². The van der Waals surface area contributed by atoms with Gasteiger partial charge in [0.25, 0.3) is 0 Å². The molecule has 0 aromatic carbocycles. The zero-order valence-corrected chi connectivity index (χ0v) is 8.07. The van der Waals surface area contributed by atoms with Crippen molar-refractivity contribution in [2.75, 3.05) is 0 Å². The Hall–Kier alpha value is -0.0700. The molecular weight excluding hydrogens is 139 g/mol. The van der Waals surface area contributed by atoms with Crippen molar-refractivity contribution in [2.45, 2.75) is 59.0 Å². The molecule has 1 atom stereocenters. The highest BCUT2D eigenvalue weighted by Crippen LogP contribution is 2.14. The Kier molecular flexibility index (Phi) is 6.59. The van der Waals surface area contributed by atoms with E-state index in [1.165, 1.54) is 12.8 Å². The van der Waals surface area contributed by atoms with Crippen LogP contribution >= 0.6 is 0 Å². The molecule has 0 radical (unpaired) electrons. The Labute approximate surface area is 70.2 Å². The highest BCUT2D eigenvalue weighted by atomic mass is 19.1. The second-order valence-corrected chi connectivity index (χ2v) is 3.72. The Morgan fingerprint density at radius 2 is 1.82 bits per heavy atom. The van der Waals surface area contributed by atoms with Crippen LogP contribution in [0.25, 0.3) is 0 Å². The van der Waals surface area contributed by atoms with Gasteiger partial charge in [-0.15, -0.1) is 0 Å². The molecule has 1 unspecified atom stereocenters. The molecule has 0 amide bonds. The molecule has 0 aromatic rings. The van der Waals surface area contributed by atoms with Crippen LogP contribution < -0.4 is 0 Å². The fraction of sp³-hybridized carbons (Fsp3) is 1.00. The third kappa shape index (κ3) is 7.83. The molecule has 0 aliphatic rings. The van der Waals surface area contributed by atoms with Gasteiger partial charge in [0.2, 0.25) is 0 Å². The molecule has 11 heavy (non-hydrogen) atoms. The minimum absolute atomic E-state index is 0.506. The normalized spacial score (nSPS) is 13.9. The predicted molar refractivity (Wildman–Crippen MR) is 48.5 cm³/mol. The van der Waals surface area contributed by atoms with Gasteiger partial charge in [-0.2, -0.15) is 0 Å². The Morgan fingerprint density at radius 3 is 2.27 bits per heavy atom. The largest absolute Gasteiger partial charge is 0.247 e. The second kappa shape index (κ2) is 6.63. The van der Waals surface area contributed by atoms with Crippen LogP contribution in [0.15, 0.2) is 0 Å². The molecule has 0 bridgehead atoms. The third-order valence-corrected chi connectivity index (χ3v) is 1.85. The number of unbranched alkanes of at least 4 members (excludes halogenated alkanes) is 2. The number of alkyl halides is 1. The van der Waals surface area contributed by atoms with Crippen LogP contribution in [0.3, 0.4) is 0 Å². The van der Waals surface area contributed by atoms with E-state index in [9.17, 15) is 4.39 Å². The summed E-state index contributed by atoms with van der Waals surface area (Å²) in [4.78, 5) is 0. The molecule has 68 valence electrons. The maximum Gasteiger partial charge on any atom is 0.100 e. The van der Waals surface area contributed by atoms with Crippen LogP contribution in [0.2, 0.25) is 0 Å². The van der Waals surface area contributed by atoms with Gasteiger partial charge in [-0.3, -0.25) is 0 Å². The van der Waals surface area contributed by atoms with E-state index in [2.05, 4.69) is 20.8 Å². The van der Waals surface area contributed by atoms with Gasteiger partial charge in [-0.25, -0.2) is 4.39 Å². The lowest BCUT2D eigenvalue weighted by Crippen LogP contribution is -2.04. The van der Waals surface area contributed by atoms with Crippen LogP contribution in [0.5, 0.6) is 0 Å². The summed E-state index contributed by atoms with van der Waals surface area (Å²) in [5.74, 6) is 0.506. The van der Waals surface area contributed by atoms with Crippen molar-refractivity contribution in [2.24, 2.45) is 5.92 Å². The Bertz CT molecular complexity index is 78.9. The fourth-order valence-electron chi connectivity index (χ4n) is 1.25. The Morgan fingerprint density at radius 1 is 1.18 bits per heavy atom. The average Bonchev–Trinajstić information content (AvgIpc) is 1.86. The summed E-state index contributed by atoms with van der Waals surface area (Å²) in [5, 5.41) is 0. The summed E-state index contributed by atoms with van der Waals surface area (Å²) in [7, 11) is 0.